The molecule has 0 amide bonds. The van der Waals surface area contributed by atoms with E-state index < -0.39 is 38.7 Å². The molecule has 0 rings (SSSR count). The van der Waals surface area contributed by atoms with Crippen molar-refractivity contribution in [2.45, 2.75) is 24.4 Å². The summed E-state index contributed by atoms with van der Waals surface area (Å²) in [5.74, 6) is 0. The number of aliphatic hydroxyl groups is 4. The third kappa shape index (κ3) is 3.70. The zero-order valence-corrected chi connectivity index (χ0v) is 7.35. The van der Waals surface area contributed by atoms with Crippen molar-refractivity contribution in [3.8, 4) is 0 Å². The number of hydrogen-bond acceptors (Lipinski definition) is 7. The van der Waals surface area contributed by atoms with E-state index in [1.807, 2.05) is 0 Å². The maximum absolute atomic E-state index is 10.3. The Hall–Kier alpha value is -0.505. The van der Waals surface area contributed by atoms with E-state index in [1.165, 1.54) is 0 Å². The van der Waals surface area contributed by atoms with Crippen LogP contribution in [0.25, 0.3) is 0 Å². The Kier molecular flexibility index (Phi) is 6.63. The molecule has 0 saturated heterocycles. The molecule has 82 valence electrons. The Morgan fingerprint density at radius 2 is 1.86 bits per heavy atom. The lowest BCUT2D eigenvalue weighted by Gasteiger charge is -2.25. The number of carbonyl (C=O) groups excluding carboxylic acids is 1. The lowest BCUT2D eigenvalue weighted by Crippen LogP contribution is -2.47. The van der Waals surface area contributed by atoms with E-state index in [0.717, 1.165) is 0 Å². The van der Waals surface area contributed by atoms with Crippen molar-refractivity contribution in [3.63, 3.8) is 0 Å². The molecule has 0 heterocycles. The van der Waals surface area contributed by atoms with Crippen molar-refractivity contribution in [1.82, 2.24) is 0 Å². The molecule has 0 radical (unpaired) electrons. The van der Waals surface area contributed by atoms with E-state index in [4.69, 9.17) is 20.3 Å². The van der Waals surface area contributed by atoms with Crippen LogP contribution in [0.2, 0.25) is 0 Å². The van der Waals surface area contributed by atoms with Gasteiger partial charge >= 0.3 is 7.69 Å². The summed E-state index contributed by atoms with van der Waals surface area (Å²) >= 11 is 0. The van der Waals surface area contributed by atoms with Crippen LogP contribution >= 0.6 is 0 Å². The van der Waals surface area contributed by atoms with Gasteiger partial charge < -0.3 is 34.9 Å². The van der Waals surface area contributed by atoms with Crippen molar-refractivity contribution in [2.24, 2.45) is 0 Å². The van der Waals surface area contributed by atoms with E-state index in [-0.39, 0.29) is 6.29 Å². The Balaban J connectivity index is 4.25. The first-order chi connectivity index (χ1) is 6.58. The molecule has 0 fully saturated rings. The molecule has 8 heteroatoms. The largest absolute Gasteiger partial charge is 0.435 e. The third-order valence-corrected chi connectivity index (χ3v) is 1.67. The summed E-state index contributed by atoms with van der Waals surface area (Å²) in [4.78, 5) is 10.3. The smallest absolute Gasteiger partial charge is 0.430 e. The normalized spacial score (nSPS) is 19.5. The lowest BCUT2D eigenvalue weighted by atomic mass is 10.0. The number of aldehydes is 1. The van der Waals surface area contributed by atoms with E-state index in [2.05, 4.69) is 4.65 Å². The summed E-state index contributed by atoms with van der Waals surface area (Å²) < 4.78 is 4.35. The van der Waals surface area contributed by atoms with Gasteiger partial charge in [-0.15, -0.1) is 0 Å². The second kappa shape index (κ2) is 6.88. The highest BCUT2D eigenvalue weighted by Crippen LogP contribution is 2.05. The summed E-state index contributed by atoms with van der Waals surface area (Å²) in [6.07, 6.45) is -6.27. The molecule has 0 spiro atoms. The second-order valence-corrected chi connectivity index (χ2v) is 2.63. The number of rotatable bonds is 7. The molecule has 0 bridgehead atoms. The van der Waals surface area contributed by atoms with E-state index >= 15 is 0 Å². The van der Waals surface area contributed by atoms with Gasteiger partial charge in [0.15, 0.2) is 0 Å². The molecule has 5 N–H and O–H groups in total. The van der Waals surface area contributed by atoms with Gasteiger partial charge in [0.05, 0.1) is 6.61 Å². The van der Waals surface area contributed by atoms with Crippen molar-refractivity contribution < 1.29 is 34.9 Å². The van der Waals surface area contributed by atoms with Crippen LogP contribution in [0.5, 0.6) is 0 Å². The van der Waals surface area contributed by atoms with Crippen molar-refractivity contribution >= 4 is 14.0 Å². The topological polar surface area (TPSA) is 127 Å². The molecular weight excluding hydrogens is 195 g/mol. The Morgan fingerprint density at radius 3 is 2.21 bits per heavy atom. The molecule has 7 nitrogen and oxygen atoms in total. The van der Waals surface area contributed by atoms with Crippen LogP contribution in [-0.2, 0) is 9.45 Å². The summed E-state index contributed by atoms with van der Waals surface area (Å²) in [7, 11) is -0.803. The van der Waals surface area contributed by atoms with Crippen molar-refractivity contribution in [2.75, 3.05) is 6.61 Å². The molecule has 0 saturated carbocycles. The molecule has 0 aromatic rings. The third-order valence-electron chi connectivity index (χ3n) is 1.67. The van der Waals surface area contributed by atoms with Gasteiger partial charge in [-0.05, 0) is 0 Å². The van der Waals surface area contributed by atoms with Crippen LogP contribution in [-0.4, -0.2) is 70.4 Å². The number of hydrogen-bond donors (Lipinski definition) is 5. The zero-order chi connectivity index (χ0) is 11.1. The van der Waals surface area contributed by atoms with Crippen LogP contribution < -0.4 is 0 Å². The summed E-state index contributed by atoms with van der Waals surface area (Å²) in [6, 6.07) is 0. The van der Waals surface area contributed by atoms with E-state index in [0.29, 0.717) is 0 Å². The molecule has 0 aliphatic carbocycles. The first-order valence-electron chi connectivity index (χ1n) is 3.91. The monoisotopic (exact) mass is 208 g/mol. The fourth-order valence-electron chi connectivity index (χ4n) is 0.834. The van der Waals surface area contributed by atoms with Gasteiger partial charge in [0, 0.05) is 0 Å². The molecule has 0 unspecified atom stereocenters. The zero-order valence-electron chi connectivity index (χ0n) is 7.35. The Labute approximate surface area is 80.9 Å². The Bertz CT molecular complexity index is 166. The minimum Gasteiger partial charge on any atom is -0.430 e. The minimum absolute atomic E-state index is 0.175. The number of carbonyl (C=O) groups is 1. The van der Waals surface area contributed by atoms with Gasteiger partial charge in [0.1, 0.15) is 30.7 Å². The molecule has 4 atom stereocenters. The average Bonchev–Trinajstić information content (AvgIpc) is 2.22. The standard InChI is InChI=1S/C6H13BO7/c8-1-3(10)5(11)6(12)4(2-9)14-7-13/h2-8,10-13H,1H2/t3-,4+,5-,6-/m1/s1. The average molecular weight is 208 g/mol. The Morgan fingerprint density at radius 1 is 1.29 bits per heavy atom. The first kappa shape index (κ1) is 13.5. The fraction of sp³-hybridized carbons (Fsp3) is 0.833. The molecule has 0 aromatic heterocycles. The van der Waals surface area contributed by atoms with Gasteiger partial charge in [0.2, 0.25) is 0 Å². The molecule has 0 aromatic carbocycles. The predicted molar refractivity (Wildman–Crippen MR) is 45.4 cm³/mol. The van der Waals surface area contributed by atoms with Gasteiger partial charge in [-0.25, -0.2) is 0 Å². The van der Waals surface area contributed by atoms with Crippen molar-refractivity contribution in [3.05, 3.63) is 0 Å². The predicted octanol–water partition coefficient (Wildman–Crippen LogP) is -4.10. The van der Waals surface area contributed by atoms with Crippen LogP contribution in [0.15, 0.2) is 0 Å². The molecule has 0 aliphatic heterocycles. The SMILES string of the molecule is O=C[C@H](OBO)[C@@H](O)[C@H](O)[C@H](O)CO. The summed E-state index contributed by atoms with van der Waals surface area (Å²) in [6.45, 7) is -0.761. The van der Waals surface area contributed by atoms with Crippen LogP contribution in [0, 0.1) is 0 Å². The highest BCUT2D eigenvalue weighted by Gasteiger charge is 2.31. The minimum atomic E-state index is -1.72. The maximum Gasteiger partial charge on any atom is 0.435 e. The lowest BCUT2D eigenvalue weighted by molar-refractivity contribution is -0.133. The van der Waals surface area contributed by atoms with Gasteiger partial charge in [-0.3, -0.25) is 0 Å². The molecule has 0 aliphatic rings. The van der Waals surface area contributed by atoms with Gasteiger partial charge in [0.25, 0.3) is 0 Å². The van der Waals surface area contributed by atoms with E-state index in [1.54, 1.807) is 0 Å². The van der Waals surface area contributed by atoms with Gasteiger partial charge in [-0.1, -0.05) is 0 Å². The highest BCUT2D eigenvalue weighted by molar-refractivity contribution is 6.16. The maximum atomic E-state index is 10.3. The van der Waals surface area contributed by atoms with Crippen LogP contribution in [0.4, 0.5) is 0 Å². The highest BCUT2D eigenvalue weighted by atomic mass is 16.5. The molecular formula is C6H13BO7. The van der Waals surface area contributed by atoms with Crippen LogP contribution in [0.3, 0.4) is 0 Å². The second-order valence-electron chi connectivity index (χ2n) is 2.63. The van der Waals surface area contributed by atoms with Crippen LogP contribution in [0.1, 0.15) is 0 Å². The summed E-state index contributed by atoms with van der Waals surface area (Å²) in [5.41, 5.74) is 0. The first-order valence-corrected chi connectivity index (χ1v) is 3.91. The number of aliphatic hydroxyl groups excluding tert-OH is 4. The van der Waals surface area contributed by atoms with E-state index in [9.17, 15) is 9.90 Å². The quantitative estimate of drug-likeness (QED) is 0.212. The summed E-state index contributed by atoms with van der Waals surface area (Å²) in [5, 5.41) is 44.0. The van der Waals surface area contributed by atoms with Gasteiger partial charge in [-0.2, -0.15) is 0 Å². The van der Waals surface area contributed by atoms with Crippen molar-refractivity contribution in [1.29, 1.82) is 0 Å². The fourth-order valence-corrected chi connectivity index (χ4v) is 0.834. The molecule has 14 heavy (non-hydrogen) atoms.